The summed E-state index contributed by atoms with van der Waals surface area (Å²) in [5, 5.41) is 0. The van der Waals surface area contributed by atoms with Crippen molar-refractivity contribution < 1.29 is 9.53 Å². The van der Waals surface area contributed by atoms with Gasteiger partial charge in [-0.15, -0.1) is 0 Å². The highest BCUT2D eigenvalue weighted by atomic mass is 16.5. The highest BCUT2D eigenvalue weighted by Crippen LogP contribution is 2.07. The van der Waals surface area contributed by atoms with Crippen molar-refractivity contribution in [3.05, 3.63) is 64.3 Å². The van der Waals surface area contributed by atoms with Crippen LogP contribution in [0.5, 0.6) is 0 Å². The van der Waals surface area contributed by atoms with Gasteiger partial charge in [-0.1, -0.05) is 12.1 Å². The first-order valence-electron chi connectivity index (χ1n) is 5.38. The van der Waals surface area contributed by atoms with E-state index in [1.807, 2.05) is 12.1 Å². The van der Waals surface area contributed by atoms with Crippen molar-refractivity contribution in [2.24, 2.45) is 0 Å². The van der Waals surface area contributed by atoms with Gasteiger partial charge in [-0.3, -0.25) is 4.79 Å². The number of esters is 1. The third kappa shape index (κ3) is 2.82. The zero-order valence-corrected chi connectivity index (χ0v) is 9.87. The van der Waals surface area contributed by atoms with Crippen molar-refractivity contribution in [3.8, 4) is 0 Å². The molecule has 0 aliphatic rings. The molecule has 0 N–H and O–H groups in total. The molecular formula is C13H12N2O3. The number of methoxy groups -OCH3 is 1. The Morgan fingerprint density at radius 2 is 2.00 bits per heavy atom. The molecule has 0 fully saturated rings. The van der Waals surface area contributed by atoms with Crippen LogP contribution in [0.3, 0.4) is 0 Å². The molecule has 0 amide bonds. The molecular weight excluding hydrogens is 232 g/mol. The molecule has 0 bridgehead atoms. The molecule has 0 atom stereocenters. The summed E-state index contributed by atoms with van der Waals surface area (Å²) in [7, 11) is 1.35. The molecule has 1 aromatic heterocycles. The molecule has 18 heavy (non-hydrogen) atoms. The molecule has 5 heteroatoms. The van der Waals surface area contributed by atoms with E-state index in [1.54, 1.807) is 22.9 Å². The molecule has 2 rings (SSSR count). The third-order valence-corrected chi connectivity index (χ3v) is 2.48. The second kappa shape index (κ2) is 5.27. The van der Waals surface area contributed by atoms with Gasteiger partial charge >= 0.3 is 5.97 Å². The summed E-state index contributed by atoms with van der Waals surface area (Å²) < 4.78 is 6.40. The van der Waals surface area contributed by atoms with Gasteiger partial charge in [0.15, 0.2) is 0 Å². The van der Waals surface area contributed by atoms with Gasteiger partial charge in [0, 0.05) is 18.8 Å². The van der Waals surface area contributed by atoms with Crippen LogP contribution in [0.2, 0.25) is 0 Å². The maximum atomic E-state index is 11.2. The van der Waals surface area contributed by atoms with E-state index in [-0.39, 0.29) is 11.5 Å². The average Bonchev–Trinajstić information content (AvgIpc) is 2.41. The van der Waals surface area contributed by atoms with Crippen molar-refractivity contribution >= 4 is 5.97 Å². The molecule has 0 saturated heterocycles. The average molecular weight is 244 g/mol. The van der Waals surface area contributed by atoms with Crippen LogP contribution in [0.25, 0.3) is 0 Å². The molecule has 2 aromatic rings. The van der Waals surface area contributed by atoms with Gasteiger partial charge in [0.05, 0.1) is 19.0 Å². The lowest BCUT2D eigenvalue weighted by Crippen LogP contribution is -2.09. The van der Waals surface area contributed by atoms with Crippen molar-refractivity contribution in [2.45, 2.75) is 6.54 Å². The minimum Gasteiger partial charge on any atom is -0.465 e. The number of nitrogens with zero attached hydrogens (tertiary/aromatic N) is 2. The topological polar surface area (TPSA) is 61.2 Å². The van der Waals surface area contributed by atoms with Crippen LogP contribution >= 0.6 is 0 Å². The lowest BCUT2D eigenvalue weighted by Gasteiger charge is -2.05. The molecule has 1 heterocycles. The van der Waals surface area contributed by atoms with Crippen LogP contribution < -0.4 is 5.56 Å². The molecule has 5 nitrogen and oxygen atoms in total. The first kappa shape index (κ1) is 12.0. The van der Waals surface area contributed by atoms with Gasteiger partial charge in [-0.25, -0.2) is 4.79 Å². The molecule has 92 valence electrons. The SMILES string of the molecule is COC(=O)c1ccc(Cn2ccc(=O)nc2)cc1. The van der Waals surface area contributed by atoms with Crippen molar-refractivity contribution in [1.29, 1.82) is 0 Å². The van der Waals surface area contributed by atoms with Crippen LogP contribution in [-0.2, 0) is 11.3 Å². The number of carbonyl (C=O) groups excluding carboxylic acids is 1. The molecule has 0 saturated carbocycles. The number of benzene rings is 1. The van der Waals surface area contributed by atoms with Crippen molar-refractivity contribution in [1.82, 2.24) is 9.55 Å². The van der Waals surface area contributed by atoms with Crippen LogP contribution in [0, 0.1) is 0 Å². The Morgan fingerprint density at radius 1 is 1.28 bits per heavy atom. The van der Waals surface area contributed by atoms with E-state index in [0.717, 1.165) is 5.56 Å². The van der Waals surface area contributed by atoms with Gasteiger partial charge in [0.2, 0.25) is 0 Å². The number of hydrogen-bond donors (Lipinski definition) is 0. The highest BCUT2D eigenvalue weighted by molar-refractivity contribution is 5.89. The number of aromatic nitrogens is 2. The molecule has 0 aliphatic heterocycles. The number of hydrogen-bond acceptors (Lipinski definition) is 4. The maximum Gasteiger partial charge on any atom is 0.337 e. The fraction of sp³-hybridized carbons (Fsp3) is 0.154. The summed E-state index contributed by atoms with van der Waals surface area (Å²) in [4.78, 5) is 25.8. The monoisotopic (exact) mass is 244 g/mol. The lowest BCUT2D eigenvalue weighted by molar-refractivity contribution is 0.0600. The van der Waals surface area contributed by atoms with Crippen LogP contribution in [0.1, 0.15) is 15.9 Å². The van der Waals surface area contributed by atoms with Gasteiger partial charge in [0.1, 0.15) is 0 Å². The fourth-order valence-corrected chi connectivity index (χ4v) is 1.54. The zero-order chi connectivity index (χ0) is 13.0. The van der Waals surface area contributed by atoms with E-state index in [1.165, 1.54) is 19.5 Å². The fourth-order valence-electron chi connectivity index (χ4n) is 1.54. The smallest absolute Gasteiger partial charge is 0.337 e. The first-order valence-corrected chi connectivity index (χ1v) is 5.38. The summed E-state index contributed by atoms with van der Waals surface area (Å²) in [6.07, 6.45) is 3.15. The van der Waals surface area contributed by atoms with Crippen LogP contribution in [0.4, 0.5) is 0 Å². The summed E-state index contributed by atoms with van der Waals surface area (Å²) >= 11 is 0. The molecule has 1 aromatic carbocycles. The maximum absolute atomic E-state index is 11.2. The van der Waals surface area contributed by atoms with E-state index in [9.17, 15) is 9.59 Å². The zero-order valence-electron chi connectivity index (χ0n) is 9.87. The third-order valence-electron chi connectivity index (χ3n) is 2.48. The first-order chi connectivity index (χ1) is 8.69. The number of ether oxygens (including phenoxy) is 1. The standard InChI is InChI=1S/C13H12N2O3/c1-18-13(17)11-4-2-10(3-5-11)8-15-7-6-12(16)14-9-15/h2-7,9H,8H2,1H3. The Bertz CT molecular complexity index is 582. The molecule has 0 spiro atoms. The van der Waals surface area contributed by atoms with Gasteiger partial charge in [-0.2, -0.15) is 4.98 Å². The second-order valence-corrected chi connectivity index (χ2v) is 3.76. The Kier molecular flexibility index (Phi) is 3.52. The minimum absolute atomic E-state index is 0.257. The Hall–Kier alpha value is -2.43. The molecule has 0 unspecified atom stereocenters. The van der Waals surface area contributed by atoms with Crippen LogP contribution in [-0.4, -0.2) is 22.6 Å². The Labute approximate surface area is 104 Å². The lowest BCUT2D eigenvalue weighted by atomic mass is 10.1. The van der Waals surface area contributed by atoms with E-state index in [4.69, 9.17) is 0 Å². The minimum atomic E-state index is -0.355. The largest absolute Gasteiger partial charge is 0.465 e. The van der Waals surface area contributed by atoms with Crippen LogP contribution in [0.15, 0.2) is 47.7 Å². The van der Waals surface area contributed by atoms with Crippen molar-refractivity contribution in [2.75, 3.05) is 7.11 Å². The van der Waals surface area contributed by atoms with Gasteiger partial charge < -0.3 is 9.30 Å². The summed E-state index contributed by atoms with van der Waals surface area (Å²) in [5.41, 5.74) is 1.26. The predicted octanol–water partition coefficient (Wildman–Crippen LogP) is 1.08. The van der Waals surface area contributed by atoms with E-state index in [2.05, 4.69) is 9.72 Å². The quantitative estimate of drug-likeness (QED) is 0.758. The molecule has 0 radical (unpaired) electrons. The number of rotatable bonds is 3. The predicted molar refractivity (Wildman–Crippen MR) is 65.4 cm³/mol. The van der Waals surface area contributed by atoms with E-state index < -0.39 is 0 Å². The van der Waals surface area contributed by atoms with E-state index in [0.29, 0.717) is 12.1 Å². The van der Waals surface area contributed by atoms with Gasteiger partial charge in [0.25, 0.3) is 5.56 Å². The van der Waals surface area contributed by atoms with Crippen molar-refractivity contribution in [3.63, 3.8) is 0 Å². The molecule has 0 aliphatic carbocycles. The highest BCUT2D eigenvalue weighted by Gasteiger charge is 2.04. The number of carbonyl (C=O) groups is 1. The van der Waals surface area contributed by atoms with E-state index >= 15 is 0 Å². The van der Waals surface area contributed by atoms with Gasteiger partial charge in [-0.05, 0) is 17.7 Å². The summed E-state index contributed by atoms with van der Waals surface area (Å²) in [5.74, 6) is -0.355. The summed E-state index contributed by atoms with van der Waals surface area (Å²) in [6, 6.07) is 8.49. The Balaban J connectivity index is 2.13. The second-order valence-electron chi connectivity index (χ2n) is 3.76. The normalized spacial score (nSPS) is 10.1. The summed E-state index contributed by atoms with van der Waals surface area (Å²) in [6.45, 7) is 0.592. The Morgan fingerprint density at radius 3 is 2.56 bits per heavy atom.